The molecular formula is C26H23Cl3N4OS. The molecule has 4 rings (SSSR count). The van der Waals surface area contributed by atoms with Gasteiger partial charge < -0.3 is 5.32 Å². The number of para-hydroxylation sites is 1. The average Bonchev–Trinajstić information content (AvgIpc) is 3.27. The number of carbonyl (C=O) groups excluding carboxylic acids is 1. The Morgan fingerprint density at radius 1 is 1.00 bits per heavy atom. The Kier molecular flexibility index (Phi) is 8.07. The van der Waals surface area contributed by atoms with Crippen molar-refractivity contribution in [2.24, 2.45) is 0 Å². The molecule has 1 amide bonds. The number of nitrogens with zero attached hydrogens (tertiary/aromatic N) is 3. The number of nitrogens with one attached hydrogen (secondary N) is 1. The molecule has 5 nitrogen and oxygen atoms in total. The van der Waals surface area contributed by atoms with Crippen molar-refractivity contribution in [2.45, 2.75) is 31.8 Å². The molecule has 0 fully saturated rings. The van der Waals surface area contributed by atoms with E-state index in [9.17, 15) is 4.79 Å². The lowest BCUT2D eigenvalue weighted by molar-refractivity contribution is -0.113. The summed E-state index contributed by atoms with van der Waals surface area (Å²) in [4.78, 5) is 12.8. The summed E-state index contributed by atoms with van der Waals surface area (Å²) in [5.41, 5.74) is 4.22. The van der Waals surface area contributed by atoms with E-state index in [2.05, 4.69) is 35.4 Å². The molecule has 0 atom stereocenters. The highest BCUT2D eigenvalue weighted by atomic mass is 35.5. The number of aryl methyl sites for hydroxylation is 1. The third-order valence-electron chi connectivity index (χ3n) is 5.42. The van der Waals surface area contributed by atoms with Gasteiger partial charge in [-0.15, -0.1) is 10.2 Å². The maximum absolute atomic E-state index is 12.8. The van der Waals surface area contributed by atoms with E-state index in [1.54, 1.807) is 6.07 Å². The van der Waals surface area contributed by atoms with Crippen LogP contribution in [-0.2, 0) is 4.79 Å². The number of anilines is 1. The van der Waals surface area contributed by atoms with Gasteiger partial charge in [0.15, 0.2) is 11.0 Å². The topological polar surface area (TPSA) is 59.8 Å². The Labute approximate surface area is 223 Å². The van der Waals surface area contributed by atoms with Crippen molar-refractivity contribution in [1.82, 2.24) is 14.8 Å². The summed E-state index contributed by atoms with van der Waals surface area (Å²) in [6.45, 7) is 6.14. The van der Waals surface area contributed by atoms with Crippen molar-refractivity contribution in [2.75, 3.05) is 11.1 Å². The van der Waals surface area contributed by atoms with E-state index in [4.69, 9.17) is 34.8 Å². The molecule has 1 aromatic heterocycles. The van der Waals surface area contributed by atoms with Crippen molar-refractivity contribution in [3.8, 4) is 17.1 Å². The van der Waals surface area contributed by atoms with Gasteiger partial charge in [-0.25, -0.2) is 0 Å². The maximum Gasteiger partial charge on any atom is 0.234 e. The Morgan fingerprint density at radius 3 is 2.43 bits per heavy atom. The normalized spacial score (nSPS) is 11.2. The van der Waals surface area contributed by atoms with Crippen LogP contribution in [0.3, 0.4) is 0 Å². The first kappa shape index (κ1) is 25.6. The predicted octanol–water partition coefficient (Wildman–Crippen LogP) is 8.06. The van der Waals surface area contributed by atoms with Crippen LogP contribution in [0, 0.1) is 6.92 Å². The second-order valence-corrected chi connectivity index (χ2v) is 10.4. The molecule has 0 radical (unpaired) electrons. The van der Waals surface area contributed by atoms with Crippen molar-refractivity contribution < 1.29 is 4.79 Å². The Bertz CT molecular complexity index is 1370. The summed E-state index contributed by atoms with van der Waals surface area (Å²) in [5.74, 6) is 0.799. The van der Waals surface area contributed by atoms with E-state index in [-0.39, 0.29) is 17.6 Å². The van der Waals surface area contributed by atoms with E-state index in [1.807, 2.05) is 60.0 Å². The lowest BCUT2D eigenvalue weighted by Crippen LogP contribution is -2.15. The molecule has 0 aliphatic heterocycles. The van der Waals surface area contributed by atoms with Crippen LogP contribution >= 0.6 is 46.6 Å². The highest BCUT2D eigenvalue weighted by Crippen LogP contribution is 2.35. The van der Waals surface area contributed by atoms with Crippen molar-refractivity contribution in [1.29, 1.82) is 0 Å². The number of halogens is 3. The summed E-state index contributed by atoms with van der Waals surface area (Å²) < 4.78 is 1.99. The van der Waals surface area contributed by atoms with Crippen molar-refractivity contribution >= 4 is 58.2 Å². The van der Waals surface area contributed by atoms with Crippen molar-refractivity contribution in [3.05, 3.63) is 86.9 Å². The molecule has 9 heteroatoms. The number of carbonyl (C=O) groups is 1. The van der Waals surface area contributed by atoms with Crippen LogP contribution in [0.4, 0.5) is 5.69 Å². The first-order valence-corrected chi connectivity index (χ1v) is 13.1. The third-order valence-corrected chi connectivity index (χ3v) is 7.40. The van der Waals surface area contributed by atoms with Gasteiger partial charge in [-0.2, -0.15) is 0 Å². The standard InChI is InChI=1S/C26H23Cl3N4OS/c1-15(2)19-6-4-5-7-21(19)33-25(17-9-11-18(27)12-10-17)31-32-26(33)35-14-22(34)30-24-20(28)13-8-16(3)23(24)29/h4-13,15H,14H2,1-3H3,(H,30,34). The van der Waals surface area contributed by atoms with Gasteiger partial charge in [0, 0.05) is 10.6 Å². The number of amides is 1. The van der Waals surface area contributed by atoms with Crippen LogP contribution in [0.15, 0.2) is 65.8 Å². The smallest absolute Gasteiger partial charge is 0.234 e. The van der Waals surface area contributed by atoms with Gasteiger partial charge in [-0.3, -0.25) is 9.36 Å². The van der Waals surface area contributed by atoms with Crippen LogP contribution in [0.5, 0.6) is 0 Å². The molecule has 0 aliphatic carbocycles. The zero-order chi connectivity index (χ0) is 25.1. The summed E-state index contributed by atoms with van der Waals surface area (Å²) >= 11 is 20.0. The fourth-order valence-corrected chi connectivity index (χ4v) is 4.96. The summed E-state index contributed by atoms with van der Waals surface area (Å²) in [7, 11) is 0. The quantitative estimate of drug-likeness (QED) is 0.239. The first-order valence-electron chi connectivity index (χ1n) is 10.9. The highest BCUT2D eigenvalue weighted by Gasteiger charge is 2.21. The Morgan fingerprint density at radius 2 is 1.71 bits per heavy atom. The fourth-order valence-electron chi connectivity index (χ4n) is 3.62. The summed E-state index contributed by atoms with van der Waals surface area (Å²) in [5, 5.41) is 13.8. The van der Waals surface area contributed by atoms with Crippen LogP contribution in [0.25, 0.3) is 17.1 Å². The average molecular weight is 546 g/mol. The monoisotopic (exact) mass is 544 g/mol. The van der Waals surface area contributed by atoms with E-state index in [1.165, 1.54) is 11.8 Å². The lowest BCUT2D eigenvalue weighted by Gasteiger charge is -2.17. The number of hydrogen-bond donors (Lipinski definition) is 1. The Balaban J connectivity index is 1.68. The number of rotatable bonds is 7. The van der Waals surface area contributed by atoms with Crippen LogP contribution in [-0.4, -0.2) is 26.4 Å². The van der Waals surface area contributed by atoms with Crippen molar-refractivity contribution in [3.63, 3.8) is 0 Å². The van der Waals surface area contributed by atoms with E-state index in [0.717, 1.165) is 22.4 Å². The van der Waals surface area contributed by atoms with E-state index >= 15 is 0 Å². The molecule has 0 aliphatic rings. The van der Waals surface area contributed by atoms with Crippen LogP contribution in [0.1, 0.15) is 30.9 Å². The van der Waals surface area contributed by atoms with Gasteiger partial charge in [0.1, 0.15) is 0 Å². The summed E-state index contributed by atoms with van der Waals surface area (Å²) in [6.07, 6.45) is 0. The number of aromatic nitrogens is 3. The van der Waals surface area contributed by atoms with Gasteiger partial charge in [-0.1, -0.05) is 84.7 Å². The molecule has 1 heterocycles. The minimum absolute atomic E-state index is 0.100. The molecule has 0 unspecified atom stereocenters. The summed E-state index contributed by atoms with van der Waals surface area (Å²) in [6, 6.07) is 19.1. The molecule has 1 N–H and O–H groups in total. The lowest BCUT2D eigenvalue weighted by atomic mass is 10.0. The zero-order valence-corrected chi connectivity index (χ0v) is 22.4. The molecule has 0 saturated heterocycles. The number of thioether (sulfide) groups is 1. The highest BCUT2D eigenvalue weighted by molar-refractivity contribution is 7.99. The maximum atomic E-state index is 12.8. The SMILES string of the molecule is Cc1ccc(Cl)c(NC(=O)CSc2nnc(-c3ccc(Cl)cc3)n2-c2ccccc2C(C)C)c1Cl. The first-order chi connectivity index (χ1) is 16.8. The predicted molar refractivity (Wildman–Crippen MR) is 146 cm³/mol. The van der Waals surface area contributed by atoms with Gasteiger partial charge in [0.2, 0.25) is 5.91 Å². The Hall–Kier alpha value is -2.51. The molecule has 0 bridgehead atoms. The molecule has 0 saturated carbocycles. The third kappa shape index (κ3) is 5.67. The largest absolute Gasteiger partial charge is 0.323 e. The second-order valence-electron chi connectivity index (χ2n) is 8.25. The van der Waals surface area contributed by atoms with Crippen LogP contribution in [0.2, 0.25) is 15.1 Å². The van der Waals surface area contributed by atoms with Gasteiger partial charge in [0.05, 0.1) is 27.2 Å². The molecule has 35 heavy (non-hydrogen) atoms. The molecule has 180 valence electrons. The van der Waals surface area contributed by atoms with Crippen LogP contribution < -0.4 is 5.32 Å². The number of benzene rings is 3. The fraction of sp³-hybridized carbons (Fsp3) is 0.192. The molecule has 0 spiro atoms. The van der Waals surface area contributed by atoms with Gasteiger partial charge >= 0.3 is 0 Å². The number of hydrogen-bond acceptors (Lipinski definition) is 4. The molecular weight excluding hydrogens is 523 g/mol. The molecule has 4 aromatic rings. The minimum atomic E-state index is -0.246. The second kappa shape index (κ2) is 11.0. The van der Waals surface area contributed by atoms with Gasteiger partial charge in [0.25, 0.3) is 0 Å². The zero-order valence-electron chi connectivity index (χ0n) is 19.3. The van der Waals surface area contributed by atoms with E-state index < -0.39 is 0 Å². The molecule has 3 aromatic carbocycles. The van der Waals surface area contributed by atoms with Gasteiger partial charge in [-0.05, 0) is 60.4 Å². The minimum Gasteiger partial charge on any atom is -0.323 e. The van der Waals surface area contributed by atoms with E-state index in [0.29, 0.717) is 31.7 Å².